The number of hydrogen-bond donors (Lipinski definition) is 1. The van der Waals surface area contributed by atoms with Crippen LogP contribution in [0.3, 0.4) is 0 Å². The summed E-state index contributed by atoms with van der Waals surface area (Å²) in [6.45, 7) is 0. The van der Waals surface area contributed by atoms with Crippen molar-refractivity contribution < 1.29 is 4.79 Å². The number of nitrogens with two attached hydrogens (primary N) is 1. The predicted molar refractivity (Wildman–Crippen MR) is 58.9 cm³/mol. The van der Waals surface area contributed by atoms with E-state index in [1.165, 1.54) is 4.90 Å². The van der Waals surface area contributed by atoms with Crippen LogP contribution in [0.5, 0.6) is 0 Å². The lowest BCUT2D eigenvalue weighted by atomic mass is 10.1. The Bertz CT molecular complexity index is 308. The van der Waals surface area contributed by atoms with Crippen molar-refractivity contribution in [3.8, 4) is 0 Å². The van der Waals surface area contributed by atoms with E-state index in [2.05, 4.69) is 0 Å². The minimum Gasteiger partial charge on any atom is -0.284 e. The van der Waals surface area contributed by atoms with E-state index in [0.717, 1.165) is 10.6 Å². The Kier molecular flexibility index (Phi) is 3.98. The Labute approximate surface area is 88.2 Å². The summed E-state index contributed by atoms with van der Waals surface area (Å²) in [4.78, 5) is 12.5. The summed E-state index contributed by atoms with van der Waals surface area (Å²) in [5.41, 5.74) is 0.991. The Balaban J connectivity index is 2.64. The predicted octanol–water partition coefficient (Wildman–Crippen LogP) is 1.28. The molecule has 0 fully saturated rings. The maximum Gasteiger partial charge on any atom is 0.240 e. The maximum atomic E-state index is 11.3. The number of hydrogen-bond acceptors (Lipinski definition) is 3. The minimum atomic E-state index is -0.0816. The Morgan fingerprint density at radius 2 is 2.00 bits per heavy atom. The Morgan fingerprint density at radius 3 is 2.43 bits per heavy atom. The van der Waals surface area contributed by atoms with Crippen molar-refractivity contribution in [3.05, 3.63) is 29.8 Å². The summed E-state index contributed by atoms with van der Waals surface area (Å²) in [5.74, 6) is 5.24. The SMILES string of the molecule is CSc1ccc(CC(=O)N(C)N)cc1. The highest BCUT2D eigenvalue weighted by Gasteiger charge is 2.05. The van der Waals surface area contributed by atoms with Crippen LogP contribution in [-0.2, 0) is 11.2 Å². The molecule has 14 heavy (non-hydrogen) atoms. The number of rotatable bonds is 3. The molecule has 0 aliphatic carbocycles. The number of amides is 1. The molecule has 2 N–H and O–H groups in total. The third-order valence-corrected chi connectivity index (χ3v) is 2.65. The van der Waals surface area contributed by atoms with Gasteiger partial charge < -0.3 is 0 Å². The molecule has 1 aromatic carbocycles. The van der Waals surface area contributed by atoms with Crippen molar-refractivity contribution >= 4 is 17.7 Å². The van der Waals surface area contributed by atoms with Gasteiger partial charge in [0.1, 0.15) is 0 Å². The van der Waals surface area contributed by atoms with Crippen LogP contribution in [0.4, 0.5) is 0 Å². The summed E-state index contributed by atoms with van der Waals surface area (Å²) in [6.07, 6.45) is 2.38. The smallest absolute Gasteiger partial charge is 0.240 e. The molecular weight excluding hydrogens is 196 g/mol. The molecule has 0 unspecified atom stereocenters. The number of benzene rings is 1. The van der Waals surface area contributed by atoms with E-state index in [-0.39, 0.29) is 5.91 Å². The maximum absolute atomic E-state index is 11.3. The van der Waals surface area contributed by atoms with Crippen LogP contribution in [-0.4, -0.2) is 24.2 Å². The first-order valence-corrected chi connectivity index (χ1v) is 5.50. The van der Waals surface area contributed by atoms with E-state index in [9.17, 15) is 4.79 Å². The van der Waals surface area contributed by atoms with Gasteiger partial charge in [-0.2, -0.15) is 0 Å². The minimum absolute atomic E-state index is 0.0816. The molecule has 0 bridgehead atoms. The van der Waals surface area contributed by atoms with Gasteiger partial charge in [-0.1, -0.05) is 12.1 Å². The summed E-state index contributed by atoms with van der Waals surface area (Å²) in [5, 5.41) is 1.11. The van der Waals surface area contributed by atoms with Crippen molar-refractivity contribution in [3.63, 3.8) is 0 Å². The monoisotopic (exact) mass is 210 g/mol. The first-order valence-electron chi connectivity index (χ1n) is 4.27. The van der Waals surface area contributed by atoms with Crippen molar-refractivity contribution in [1.82, 2.24) is 5.01 Å². The fourth-order valence-corrected chi connectivity index (χ4v) is 1.45. The van der Waals surface area contributed by atoms with Gasteiger partial charge in [-0.15, -0.1) is 11.8 Å². The number of likely N-dealkylation sites (N-methyl/N-ethyl adjacent to an activating group) is 1. The summed E-state index contributed by atoms with van der Waals surface area (Å²) >= 11 is 1.68. The van der Waals surface area contributed by atoms with Crippen LogP contribution >= 0.6 is 11.8 Å². The van der Waals surface area contributed by atoms with Gasteiger partial charge in [-0.05, 0) is 24.0 Å². The molecule has 0 heterocycles. The lowest BCUT2D eigenvalue weighted by Crippen LogP contribution is -2.34. The highest BCUT2D eigenvalue weighted by atomic mass is 32.2. The molecule has 1 rings (SSSR count). The van der Waals surface area contributed by atoms with Gasteiger partial charge in [0.05, 0.1) is 6.42 Å². The molecule has 3 nitrogen and oxygen atoms in total. The quantitative estimate of drug-likeness (QED) is 0.354. The summed E-state index contributed by atoms with van der Waals surface area (Å²) in [7, 11) is 1.55. The highest BCUT2D eigenvalue weighted by molar-refractivity contribution is 7.98. The summed E-state index contributed by atoms with van der Waals surface area (Å²) < 4.78 is 0. The summed E-state index contributed by atoms with van der Waals surface area (Å²) in [6, 6.07) is 7.91. The van der Waals surface area contributed by atoms with Crippen molar-refractivity contribution in [2.45, 2.75) is 11.3 Å². The number of thioether (sulfide) groups is 1. The van der Waals surface area contributed by atoms with E-state index >= 15 is 0 Å². The number of hydrazine groups is 1. The van der Waals surface area contributed by atoms with Crippen LogP contribution in [0.15, 0.2) is 29.2 Å². The number of carbonyl (C=O) groups excluding carboxylic acids is 1. The molecule has 4 heteroatoms. The molecule has 1 aromatic rings. The van der Waals surface area contributed by atoms with Crippen molar-refractivity contribution in [2.75, 3.05) is 13.3 Å². The average Bonchev–Trinajstić information content (AvgIpc) is 2.19. The zero-order chi connectivity index (χ0) is 10.6. The second-order valence-electron chi connectivity index (χ2n) is 3.03. The van der Waals surface area contributed by atoms with Crippen LogP contribution < -0.4 is 5.84 Å². The molecule has 0 radical (unpaired) electrons. The molecule has 0 aliphatic rings. The van der Waals surface area contributed by atoms with E-state index < -0.39 is 0 Å². The molecule has 0 saturated carbocycles. The standard InChI is InChI=1S/C10H14N2OS/c1-12(11)10(13)7-8-3-5-9(14-2)6-4-8/h3-6H,7,11H2,1-2H3. The topological polar surface area (TPSA) is 46.3 Å². The first-order chi connectivity index (χ1) is 6.63. The molecule has 0 aliphatic heterocycles. The van der Waals surface area contributed by atoms with Crippen molar-refractivity contribution in [1.29, 1.82) is 0 Å². The lowest BCUT2D eigenvalue weighted by Gasteiger charge is -2.09. The van der Waals surface area contributed by atoms with Gasteiger partial charge in [0.2, 0.25) is 5.91 Å². The van der Waals surface area contributed by atoms with Crippen LogP contribution in [0, 0.1) is 0 Å². The Morgan fingerprint density at radius 1 is 1.43 bits per heavy atom. The van der Waals surface area contributed by atoms with Gasteiger partial charge in [0.15, 0.2) is 0 Å². The third-order valence-electron chi connectivity index (χ3n) is 1.91. The number of carbonyl (C=O) groups is 1. The van der Waals surface area contributed by atoms with Gasteiger partial charge >= 0.3 is 0 Å². The molecule has 76 valence electrons. The lowest BCUT2D eigenvalue weighted by molar-refractivity contribution is -0.129. The van der Waals surface area contributed by atoms with Gasteiger partial charge in [0.25, 0.3) is 0 Å². The molecule has 1 amide bonds. The van der Waals surface area contributed by atoms with E-state index in [1.807, 2.05) is 30.5 Å². The second kappa shape index (κ2) is 5.02. The van der Waals surface area contributed by atoms with E-state index in [0.29, 0.717) is 6.42 Å². The molecule has 0 atom stereocenters. The molecule has 0 aromatic heterocycles. The number of nitrogens with zero attached hydrogens (tertiary/aromatic N) is 1. The zero-order valence-electron chi connectivity index (χ0n) is 8.36. The third kappa shape index (κ3) is 3.05. The van der Waals surface area contributed by atoms with Crippen LogP contribution in [0.25, 0.3) is 0 Å². The zero-order valence-corrected chi connectivity index (χ0v) is 9.17. The molecule has 0 spiro atoms. The Hall–Kier alpha value is -1.00. The highest BCUT2D eigenvalue weighted by Crippen LogP contribution is 2.15. The van der Waals surface area contributed by atoms with E-state index in [4.69, 9.17) is 5.84 Å². The van der Waals surface area contributed by atoms with Gasteiger partial charge in [0, 0.05) is 11.9 Å². The fourth-order valence-electron chi connectivity index (χ4n) is 1.04. The second-order valence-corrected chi connectivity index (χ2v) is 3.91. The van der Waals surface area contributed by atoms with Crippen LogP contribution in [0.2, 0.25) is 0 Å². The first kappa shape index (κ1) is 11.1. The molecular formula is C10H14N2OS. The van der Waals surface area contributed by atoms with Crippen LogP contribution in [0.1, 0.15) is 5.56 Å². The average molecular weight is 210 g/mol. The van der Waals surface area contributed by atoms with E-state index in [1.54, 1.807) is 18.8 Å². The normalized spacial score (nSPS) is 9.93. The van der Waals surface area contributed by atoms with Gasteiger partial charge in [-0.25, -0.2) is 5.84 Å². The largest absolute Gasteiger partial charge is 0.284 e. The fraction of sp³-hybridized carbons (Fsp3) is 0.300. The van der Waals surface area contributed by atoms with Crippen molar-refractivity contribution in [2.24, 2.45) is 5.84 Å². The molecule has 0 saturated heterocycles. The van der Waals surface area contributed by atoms with Gasteiger partial charge in [-0.3, -0.25) is 9.80 Å².